The summed E-state index contributed by atoms with van der Waals surface area (Å²) in [5.74, 6) is 1.72. The Kier molecular flexibility index (Phi) is 6.72. The van der Waals surface area contributed by atoms with Gasteiger partial charge in [-0.3, -0.25) is 0 Å². The summed E-state index contributed by atoms with van der Waals surface area (Å²) >= 11 is 5.14. The molecule has 1 aromatic rings. The van der Waals surface area contributed by atoms with Crippen molar-refractivity contribution in [2.75, 3.05) is 18.6 Å². The van der Waals surface area contributed by atoms with Gasteiger partial charge in [-0.15, -0.1) is 10.2 Å². The van der Waals surface area contributed by atoms with Crippen molar-refractivity contribution in [1.82, 2.24) is 15.5 Å². The third kappa shape index (κ3) is 4.61. The van der Waals surface area contributed by atoms with Crippen LogP contribution in [-0.2, 0) is 0 Å². The van der Waals surface area contributed by atoms with Gasteiger partial charge in [-0.1, -0.05) is 55.6 Å². The molecule has 1 aromatic heterocycles. The van der Waals surface area contributed by atoms with Crippen molar-refractivity contribution in [1.29, 1.82) is 0 Å². The first-order valence-corrected chi connectivity index (χ1v) is 8.43. The van der Waals surface area contributed by atoms with Crippen LogP contribution in [-0.4, -0.2) is 34.8 Å². The minimum atomic E-state index is 0.552. The minimum absolute atomic E-state index is 0.552. The summed E-state index contributed by atoms with van der Waals surface area (Å²) in [6, 6.07) is 0.552. The highest BCUT2D eigenvalue weighted by Crippen LogP contribution is 2.28. The highest BCUT2D eigenvalue weighted by atomic mass is 32.2. The second kappa shape index (κ2) is 7.53. The molecular weight excluding hydrogens is 258 g/mol. The van der Waals surface area contributed by atoms with E-state index >= 15 is 0 Å². The van der Waals surface area contributed by atoms with Gasteiger partial charge in [0.05, 0.1) is 0 Å². The van der Waals surface area contributed by atoms with Gasteiger partial charge in [0.2, 0.25) is 0 Å². The zero-order chi connectivity index (χ0) is 12.0. The Balaban J connectivity index is 2.42. The van der Waals surface area contributed by atoms with Gasteiger partial charge in [0, 0.05) is 11.8 Å². The molecule has 0 saturated carbocycles. The zero-order valence-corrected chi connectivity index (χ0v) is 12.6. The van der Waals surface area contributed by atoms with E-state index in [0.29, 0.717) is 12.0 Å². The van der Waals surface area contributed by atoms with Crippen LogP contribution in [0.15, 0.2) is 8.68 Å². The van der Waals surface area contributed by atoms with E-state index in [1.54, 1.807) is 34.9 Å². The molecule has 0 amide bonds. The molecule has 1 heterocycles. The lowest BCUT2D eigenvalue weighted by atomic mass is 10.1. The average Bonchev–Trinajstić information content (AvgIpc) is 2.71. The average molecular weight is 277 g/mol. The van der Waals surface area contributed by atoms with E-state index in [9.17, 15) is 0 Å². The third-order valence-electron chi connectivity index (χ3n) is 2.22. The molecule has 0 spiro atoms. The lowest BCUT2D eigenvalue weighted by Gasteiger charge is -2.20. The van der Waals surface area contributed by atoms with Gasteiger partial charge in [0.25, 0.3) is 0 Å². The Bertz CT molecular complexity index is 301. The molecule has 0 radical (unpaired) electrons. The Morgan fingerprint density at radius 2 is 2.00 bits per heavy atom. The molecule has 0 aromatic carbocycles. The first kappa shape index (κ1) is 14.3. The second-order valence-electron chi connectivity index (χ2n) is 3.76. The smallest absolute Gasteiger partial charge is 0.175 e. The Morgan fingerprint density at radius 3 is 2.50 bits per heavy atom. The fraction of sp³-hybridized carbons (Fsp3) is 0.800. The monoisotopic (exact) mass is 277 g/mol. The van der Waals surface area contributed by atoms with Gasteiger partial charge in [0.1, 0.15) is 0 Å². The van der Waals surface area contributed by atoms with Gasteiger partial charge in [-0.2, -0.15) is 0 Å². The number of nitrogens with one attached hydrogen (secondary N) is 1. The minimum Gasteiger partial charge on any atom is -0.313 e. The van der Waals surface area contributed by atoms with E-state index in [-0.39, 0.29) is 0 Å². The van der Waals surface area contributed by atoms with Crippen LogP contribution in [0, 0.1) is 5.92 Å². The van der Waals surface area contributed by atoms with Crippen LogP contribution < -0.4 is 5.32 Å². The zero-order valence-electron chi connectivity index (χ0n) is 10.2. The summed E-state index contributed by atoms with van der Waals surface area (Å²) in [5.41, 5.74) is 0. The van der Waals surface area contributed by atoms with Crippen LogP contribution in [0.4, 0.5) is 0 Å². The molecule has 0 aliphatic carbocycles. The highest BCUT2D eigenvalue weighted by molar-refractivity contribution is 8.03. The molecule has 0 saturated heterocycles. The van der Waals surface area contributed by atoms with Gasteiger partial charge < -0.3 is 5.32 Å². The summed E-state index contributed by atoms with van der Waals surface area (Å²) in [6.45, 7) is 7.68. The molecular formula is C10H19N3S3. The van der Waals surface area contributed by atoms with Crippen LogP contribution in [0.25, 0.3) is 0 Å². The molecule has 1 rings (SSSR count). The van der Waals surface area contributed by atoms with E-state index in [4.69, 9.17) is 0 Å². The first-order valence-electron chi connectivity index (χ1n) is 5.41. The molecule has 0 bridgehead atoms. The lowest BCUT2D eigenvalue weighted by molar-refractivity contribution is 0.443. The van der Waals surface area contributed by atoms with Crippen molar-refractivity contribution in [2.45, 2.75) is 35.5 Å². The number of nitrogens with zero attached hydrogens (tertiary/aromatic N) is 2. The lowest BCUT2D eigenvalue weighted by Crippen LogP contribution is -2.35. The summed E-state index contributed by atoms with van der Waals surface area (Å²) < 4.78 is 2.12. The van der Waals surface area contributed by atoms with Crippen molar-refractivity contribution in [3.8, 4) is 0 Å². The number of hydrogen-bond acceptors (Lipinski definition) is 6. The molecule has 0 aliphatic rings. The van der Waals surface area contributed by atoms with Crippen LogP contribution in [0.3, 0.4) is 0 Å². The molecule has 1 N–H and O–H groups in total. The molecule has 16 heavy (non-hydrogen) atoms. The van der Waals surface area contributed by atoms with Crippen LogP contribution in [0.1, 0.15) is 20.8 Å². The van der Waals surface area contributed by atoms with Crippen LogP contribution >= 0.6 is 34.9 Å². The van der Waals surface area contributed by atoms with E-state index in [2.05, 4.69) is 36.3 Å². The van der Waals surface area contributed by atoms with Gasteiger partial charge in [-0.25, -0.2) is 0 Å². The van der Waals surface area contributed by atoms with E-state index < -0.39 is 0 Å². The van der Waals surface area contributed by atoms with E-state index in [0.717, 1.165) is 21.0 Å². The summed E-state index contributed by atoms with van der Waals surface area (Å²) in [6.07, 6.45) is 2.03. The second-order valence-corrected chi connectivity index (χ2v) is 7.06. The highest BCUT2D eigenvalue weighted by Gasteiger charge is 2.13. The largest absolute Gasteiger partial charge is 0.313 e. The van der Waals surface area contributed by atoms with Gasteiger partial charge in [-0.05, 0) is 18.7 Å². The SMILES string of the molecule is CCNC(CSc1nnc(SC)s1)C(C)C. The Hall–Kier alpha value is 0.220. The molecule has 6 heteroatoms. The number of aromatic nitrogens is 2. The van der Waals surface area contributed by atoms with Crippen molar-refractivity contribution >= 4 is 34.9 Å². The maximum absolute atomic E-state index is 4.16. The topological polar surface area (TPSA) is 37.8 Å². The molecule has 3 nitrogen and oxygen atoms in total. The summed E-state index contributed by atoms with van der Waals surface area (Å²) in [4.78, 5) is 0. The maximum Gasteiger partial charge on any atom is 0.175 e. The molecule has 1 atom stereocenters. The van der Waals surface area contributed by atoms with Crippen molar-refractivity contribution in [3.63, 3.8) is 0 Å². The number of thioether (sulfide) groups is 2. The standard InChI is InChI=1S/C10H19N3S3/c1-5-11-8(7(2)3)6-15-10-13-12-9(14-4)16-10/h7-8,11H,5-6H2,1-4H3. The summed E-state index contributed by atoms with van der Waals surface area (Å²) in [7, 11) is 0. The fourth-order valence-electron chi connectivity index (χ4n) is 1.25. The Morgan fingerprint density at radius 1 is 1.31 bits per heavy atom. The van der Waals surface area contributed by atoms with Crippen molar-refractivity contribution in [3.05, 3.63) is 0 Å². The maximum atomic E-state index is 4.16. The number of rotatable bonds is 7. The van der Waals surface area contributed by atoms with Crippen LogP contribution in [0.5, 0.6) is 0 Å². The van der Waals surface area contributed by atoms with Gasteiger partial charge >= 0.3 is 0 Å². The fourth-order valence-corrected chi connectivity index (χ4v) is 4.01. The van der Waals surface area contributed by atoms with Gasteiger partial charge in [0.15, 0.2) is 8.68 Å². The predicted molar refractivity (Wildman–Crippen MR) is 74.7 cm³/mol. The molecule has 0 fully saturated rings. The normalized spacial score (nSPS) is 13.3. The molecule has 92 valence electrons. The van der Waals surface area contributed by atoms with E-state index in [1.165, 1.54) is 0 Å². The summed E-state index contributed by atoms with van der Waals surface area (Å²) in [5, 5.41) is 11.8. The number of hydrogen-bond donors (Lipinski definition) is 1. The molecule has 0 aliphatic heterocycles. The van der Waals surface area contributed by atoms with Crippen molar-refractivity contribution < 1.29 is 0 Å². The third-order valence-corrected chi connectivity index (χ3v) is 5.37. The predicted octanol–water partition coefficient (Wildman–Crippen LogP) is 2.99. The van der Waals surface area contributed by atoms with Crippen molar-refractivity contribution in [2.24, 2.45) is 5.92 Å². The molecule has 1 unspecified atom stereocenters. The quantitative estimate of drug-likeness (QED) is 0.776. The van der Waals surface area contributed by atoms with E-state index in [1.807, 2.05) is 6.26 Å². The first-order chi connectivity index (χ1) is 7.67. The van der Waals surface area contributed by atoms with Crippen LogP contribution in [0.2, 0.25) is 0 Å². The Labute approximate surface area is 110 Å².